The van der Waals surface area contributed by atoms with Gasteiger partial charge in [0.2, 0.25) is 0 Å². The lowest BCUT2D eigenvalue weighted by molar-refractivity contribution is -0.132. The molecule has 6 heteroatoms. The van der Waals surface area contributed by atoms with Gasteiger partial charge in [0.1, 0.15) is 12.7 Å². The quantitative estimate of drug-likeness (QED) is 0.312. The molecule has 0 radical (unpaired) electrons. The predicted molar refractivity (Wildman–Crippen MR) is 98.8 cm³/mol. The summed E-state index contributed by atoms with van der Waals surface area (Å²) in [6.45, 7) is 8.79. The maximum atomic E-state index is 12.4. The Balaban J connectivity index is 2.89. The number of hydrogen-bond acceptors (Lipinski definition) is 5. The zero-order valence-electron chi connectivity index (χ0n) is 14.9. The van der Waals surface area contributed by atoms with Crippen LogP contribution in [0.15, 0.2) is 54.3 Å². The van der Waals surface area contributed by atoms with E-state index in [4.69, 9.17) is 9.94 Å². The van der Waals surface area contributed by atoms with Gasteiger partial charge in [0.25, 0.3) is 5.91 Å². The maximum Gasteiger partial charge on any atom is 0.276 e. The van der Waals surface area contributed by atoms with Gasteiger partial charge in [0.05, 0.1) is 12.2 Å². The number of aliphatic hydroxyl groups excluding tert-OH is 2. The third kappa shape index (κ3) is 6.54. The molecule has 0 aliphatic carbocycles. The number of amides is 1. The Labute approximate surface area is 148 Å². The average Bonchev–Trinajstić information content (AvgIpc) is 2.59. The zero-order valence-corrected chi connectivity index (χ0v) is 14.9. The molecule has 6 nitrogen and oxygen atoms in total. The lowest BCUT2D eigenvalue weighted by Crippen LogP contribution is -2.31. The van der Waals surface area contributed by atoms with Crippen molar-refractivity contribution in [3.05, 3.63) is 65.4 Å². The molecule has 0 fully saturated rings. The van der Waals surface area contributed by atoms with Gasteiger partial charge >= 0.3 is 0 Å². The van der Waals surface area contributed by atoms with E-state index in [0.29, 0.717) is 11.3 Å². The molecule has 1 unspecified atom stereocenters. The number of aryl methyl sites for hydroxylation is 2. The van der Waals surface area contributed by atoms with Gasteiger partial charge in [-0.15, -0.1) is 0 Å². The number of benzene rings is 1. The summed E-state index contributed by atoms with van der Waals surface area (Å²) >= 11 is 0. The van der Waals surface area contributed by atoms with Crippen LogP contribution in [0, 0.1) is 13.8 Å². The van der Waals surface area contributed by atoms with Crippen LogP contribution in [0.4, 0.5) is 5.69 Å². The second-order valence-corrected chi connectivity index (χ2v) is 5.54. The molecule has 4 N–H and O–H groups in total. The van der Waals surface area contributed by atoms with E-state index in [-0.39, 0.29) is 6.61 Å². The average molecular weight is 346 g/mol. The van der Waals surface area contributed by atoms with Crippen molar-refractivity contribution in [2.24, 2.45) is 0 Å². The molecule has 1 aromatic rings. The number of anilines is 1. The molecule has 0 aliphatic heterocycles. The van der Waals surface area contributed by atoms with Crippen LogP contribution < -0.4 is 10.8 Å². The first kappa shape index (κ1) is 20.6. The summed E-state index contributed by atoms with van der Waals surface area (Å²) in [5.41, 5.74) is 6.27. The summed E-state index contributed by atoms with van der Waals surface area (Å²) in [6.07, 6.45) is 3.79. The predicted octanol–water partition coefficient (Wildman–Crippen LogP) is 2.13. The van der Waals surface area contributed by atoms with Crippen LogP contribution in [0.5, 0.6) is 0 Å². The molecule has 136 valence electrons. The second kappa shape index (κ2) is 10.5. The van der Waals surface area contributed by atoms with E-state index in [9.17, 15) is 9.90 Å². The molecule has 0 saturated heterocycles. The first-order valence-corrected chi connectivity index (χ1v) is 7.97. The Morgan fingerprint density at radius 3 is 2.68 bits per heavy atom. The highest BCUT2D eigenvalue weighted by Gasteiger charge is 2.15. The number of hydrogen-bond donors (Lipinski definition) is 4. The number of rotatable bonds is 9. The van der Waals surface area contributed by atoms with Crippen molar-refractivity contribution < 1.29 is 19.8 Å². The fraction of sp³-hybridized carbons (Fsp3) is 0.316. The monoisotopic (exact) mass is 346 g/mol. The molecule has 0 heterocycles. The number of hydroxylamine groups is 1. The van der Waals surface area contributed by atoms with Crippen molar-refractivity contribution in [2.45, 2.75) is 26.9 Å². The van der Waals surface area contributed by atoms with Crippen LogP contribution in [0.25, 0.3) is 0 Å². The highest BCUT2D eigenvalue weighted by atomic mass is 16.7. The Morgan fingerprint density at radius 1 is 1.40 bits per heavy atom. The molecule has 0 spiro atoms. The summed E-state index contributed by atoms with van der Waals surface area (Å²) < 4.78 is 0. The van der Waals surface area contributed by atoms with E-state index in [1.807, 2.05) is 39.0 Å². The zero-order chi connectivity index (χ0) is 18.8. The molecule has 1 aromatic carbocycles. The smallest absolute Gasteiger partial charge is 0.276 e. The fourth-order valence-electron chi connectivity index (χ4n) is 2.11. The molecular weight excluding hydrogens is 320 g/mol. The molecular formula is C19H26N2O4. The van der Waals surface area contributed by atoms with E-state index >= 15 is 0 Å². The Hall–Kier alpha value is -2.41. The number of aliphatic hydroxyl groups is 2. The minimum atomic E-state index is -1.05. The molecule has 1 rings (SSSR count). The van der Waals surface area contributed by atoms with Gasteiger partial charge in [0, 0.05) is 11.4 Å². The summed E-state index contributed by atoms with van der Waals surface area (Å²) in [5, 5.41) is 21.2. The molecule has 1 amide bonds. The fourth-order valence-corrected chi connectivity index (χ4v) is 2.11. The van der Waals surface area contributed by atoms with Gasteiger partial charge < -0.3 is 15.5 Å². The maximum absolute atomic E-state index is 12.4. The minimum absolute atomic E-state index is 0.209. The highest BCUT2D eigenvalue weighted by molar-refractivity contribution is 5.98. The van der Waals surface area contributed by atoms with E-state index in [1.165, 1.54) is 6.08 Å². The van der Waals surface area contributed by atoms with E-state index in [1.54, 1.807) is 12.2 Å². The molecule has 0 aliphatic rings. The lowest BCUT2D eigenvalue weighted by Gasteiger charge is -2.16. The van der Waals surface area contributed by atoms with Gasteiger partial charge in [-0.25, -0.2) is 5.48 Å². The number of carbonyl (C=O) groups is 1. The SMILES string of the molecule is C=C/C=C(C(=O)NOCC(O)CO)\C(=C/C)Nc1ccc(C)cc1C. The highest BCUT2D eigenvalue weighted by Crippen LogP contribution is 2.21. The van der Waals surface area contributed by atoms with Crippen LogP contribution in [0.1, 0.15) is 18.1 Å². The summed E-state index contributed by atoms with van der Waals surface area (Å²) in [7, 11) is 0. The van der Waals surface area contributed by atoms with Crippen molar-refractivity contribution in [1.29, 1.82) is 0 Å². The van der Waals surface area contributed by atoms with E-state index < -0.39 is 18.6 Å². The van der Waals surface area contributed by atoms with Crippen LogP contribution in [-0.4, -0.2) is 35.4 Å². The van der Waals surface area contributed by atoms with Crippen LogP contribution in [-0.2, 0) is 9.63 Å². The molecule has 0 aromatic heterocycles. The van der Waals surface area contributed by atoms with Gasteiger partial charge in [0.15, 0.2) is 0 Å². The summed E-state index contributed by atoms with van der Waals surface area (Å²) in [4.78, 5) is 17.3. The first-order valence-electron chi connectivity index (χ1n) is 7.97. The van der Waals surface area contributed by atoms with Crippen LogP contribution in [0.2, 0.25) is 0 Å². The van der Waals surface area contributed by atoms with Gasteiger partial charge in [-0.1, -0.05) is 36.4 Å². The standard InChI is InChI=1S/C19H26N2O4/c1-5-7-16(19(24)21-25-12-15(23)11-22)17(6-2)20-18-9-8-13(3)10-14(18)4/h5-10,15,20,22-23H,1,11-12H2,2-4H3,(H,21,24)/b16-7+,17-6+. The van der Waals surface area contributed by atoms with Crippen LogP contribution >= 0.6 is 0 Å². The molecule has 1 atom stereocenters. The molecule has 0 saturated carbocycles. The van der Waals surface area contributed by atoms with Gasteiger partial charge in [-0.3, -0.25) is 9.63 Å². The third-order valence-corrected chi connectivity index (χ3v) is 3.41. The summed E-state index contributed by atoms with van der Waals surface area (Å²) in [5.74, 6) is -0.490. The lowest BCUT2D eigenvalue weighted by atomic mass is 10.1. The van der Waals surface area contributed by atoms with Gasteiger partial charge in [-0.2, -0.15) is 0 Å². The largest absolute Gasteiger partial charge is 0.394 e. The van der Waals surface area contributed by atoms with Crippen LogP contribution in [0.3, 0.4) is 0 Å². The first-order chi connectivity index (χ1) is 11.9. The second-order valence-electron chi connectivity index (χ2n) is 5.54. The van der Waals surface area contributed by atoms with Crippen molar-refractivity contribution in [3.63, 3.8) is 0 Å². The Kier molecular flexibility index (Phi) is 8.63. The van der Waals surface area contributed by atoms with Gasteiger partial charge in [-0.05, 0) is 38.5 Å². The van der Waals surface area contributed by atoms with E-state index in [2.05, 4.69) is 17.4 Å². The Bertz CT molecular complexity index is 665. The van der Waals surface area contributed by atoms with Crippen molar-refractivity contribution in [3.8, 4) is 0 Å². The van der Waals surface area contributed by atoms with Crippen molar-refractivity contribution in [1.82, 2.24) is 5.48 Å². The molecule has 0 bridgehead atoms. The topological polar surface area (TPSA) is 90.8 Å². The normalized spacial score (nSPS) is 13.3. The Morgan fingerprint density at radius 2 is 2.12 bits per heavy atom. The van der Waals surface area contributed by atoms with Crippen molar-refractivity contribution >= 4 is 11.6 Å². The summed E-state index contributed by atoms with van der Waals surface area (Å²) in [6, 6.07) is 5.98. The van der Waals surface area contributed by atoms with E-state index in [0.717, 1.165) is 16.8 Å². The van der Waals surface area contributed by atoms with Crippen molar-refractivity contribution in [2.75, 3.05) is 18.5 Å². The number of carbonyl (C=O) groups excluding carboxylic acids is 1. The third-order valence-electron chi connectivity index (χ3n) is 3.41. The number of nitrogens with one attached hydrogen (secondary N) is 2. The minimum Gasteiger partial charge on any atom is -0.394 e. The number of allylic oxidation sites excluding steroid dienone is 3. The molecule has 25 heavy (non-hydrogen) atoms.